The molecule has 1 fully saturated rings. The second-order valence-corrected chi connectivity index (χ2v) is 4.98. The van der Waals surface area contributed by atoms with Crippen molar-refractivity contribution in [3.8, 4) is 0 Å². The van der Waals surface area contributed by atoms with Crippen LogP contribution in [-0.2, 0) is 0 Å². The summed E-state index contributed by atoms with van der Waals surface area (Å²) in [6, 6.07) is 2.04. The van der Waals surface area contributed by atoms with Crippen LogP contribution in [0, 0.1) is 5.92 Å². The van der Waals surface area contributed by atoms with Gasteiger partial charge >= 0.3 is 0 Å². The third kappa shape index (κ3) is 5.17. The maximum absolute atomic E-state index is 3.61. The first-order valence-electron chi connectivity index (χ1n) is 6.01. The Hall–Kier alpha value is -0.560. The fourth-order valence-corrected chi connectivity index (χ4v) is 2.31. The lowest BCUT2D eigenvalue weighted by Gasteiger charge is -2.24. The van der Waals surface area contributed by atoms with Crippen molar-refractivity contribution in [1.82, 2.24) is 0 Å². The van der Waals surface area contributed by atoms with Crippen molar-refractivity contribution < 1.29 is 0 Å². The van der Waals surface area contributed by atoms with Gasteiger partial charge in [-0.05, 0) is 28.3 Å². The Morgan fingerprint density at radius 1 is 1.53 bits per heavy atom. The summed E-state index contributed by atoms with van der Waals surface area (Å²) in [5.74, 6) is 1.13. The van der Waals surface area contributed by atoms with E-state index in [4.69, 9.17) is 0 Å². The zero-order chi connectivity index (χ0) is 10.9. The van der Waals surface area contributed by atoms with Crippen molar-refractivity contribution in [3.05, 3.63) is 29.0 Å². The third-order valence-corrected chi connectivity index (χ3v) is 3.67. The first-order chi connectivity index (χ1) is 7.36. The maximum atomic E-state index is 3.61. The second-order valence-electron chi connectivity index (χ2n) is 4.20. The molecular weight excluding hydrogens is 200 g/mol. The molecular formula is C14H22S. The van der Waals surface area contributed by atoms with E-state index in [1.54, 1.807) is 11.3 Å². The van der Waals surface area contributed by atoms with Gasteiger partial charge in [0.1, 0.15) is 0 Å². The molecule has 0 nitrogen and oxygen atoms in total. The molecule has 0 spiro atoms. The molecule has 0 aliphatic heterocycles. The van der Waals surface area contributed by atoms with Gasteiger partial charge < -0.3 is 0 Å². The summed E-state index contributed by atoms with van der Waals surface area (Å²) in [4.78, 5) is 0. The van der Waals surface area contributed by atoms with Gasteiger partial charge in [0.2, 0.25) is 0 Å². The van der Waals surface area contributed by atoms with E-state index >= 15 is 0 Å². The fraction of sp³-hybridized carbons (Fsp3) is 0.571. The Bertz CT molecular complexity index is 244. The smallest absolute Gasteiger partial charge is 0.00210 e. The molecule has 0 unspecified atom stereocenters. The van der Waals surface area contributed by atoms with Gasteiger partial charge in [-0.2, -0.15) is 11.3 Å². The first-order valence-corrected chi connectivity index (χ1v) is 6.95. The topological polar surface area (TPSA) is 0 Å². The van der Waals surface area contributed by atoms with Gasteiger partial charge in [0.05, 0.1) is 0 Å². The fourth-order valence-electron chi connectivity index (χ4n) is 1.67. The molecule has 1 heterocycles. The molecule has 0 saturated heterocycles. The van der Waals surface area contributed by atoms with Gasteiger partial charge in [-0.15, -0.1) is 0 Å². The summed E-state index contributed by atoms with van der Waals surface area (Å²) in [6.07, 6.45) is 10.8. The van der Waals surface area contributed by atoms with Crippen LogP contribution in [0.4, 0.5) is 0 Å². The van der Waals surface area contributed by atoms with Crippen molar-refractivity contribution >= 4 is 17.4 Å². The number of unbranched alkanes of at least 4 members (excludes halogenated alkanes) is 1. The van der Waals surface area contributed by atoms with Gasteiger partial charge in [0.25, 0.3) is 0 Å². The van der Waals surface area contributed by atoms with Gasteiger partial charge in [0.15, 0.2) is 0 Å². The molecule has 0 amide bonds. The molecule has 0 radical (unpaired) electrons. The van der Waals surface area contributed by atoms with Gasteiger partial charge in [-0.1, -0.05) is 58.1 Å². The van der Waals surface area contributed by atoms with E-state index in [0.29, 0.717) is 0 Å². The maximum Gasteiger partial charge on any atom is -0.00210 e. The van der Waals surface area contributed by atoms with Crippen LogP contribution in [0.2, 0.25) is 0 Å². The highest BCUT2D eigenvalue weighted by Crippen LogP contribution is 2.30. The third-order valence-electron chi connectivity index (χ3n) is 2.97. The standard InChI is InChI=1S/C8H16.C6H6S/c1-2-3-5-8-6-4-7-8;1-2-6-3-4-7-5-6/h8H,2-7H2,1H3;2-5H,1H2. The lowest BCUT2D eigenvalue weighted by molar-refractivity contribution is 0.289. The van der Waals surface area contributed by atoms with Crippen LogP contribution in [0.5, 0.6) is 0 Å². The molecule has 0 aromatic carbocycles. The van der Waals surface area contributed by atoms with Gasteiger partial charge in [-0.3, -0.25) is 0 Å². The molecule has 1 heteroatoms. The van der Waals surface area contributed by atoms with Crippen molar-refractivity contribution in [3.63, 3.8) is 0 Å². The minimum Gasteiger partial charge on any atom is -0.152 e. The largest absolute Gasteiger partial charge is 0.152 e. The molecule has 84 valence electrons. The first kappa shape index (κ1) is 12.5. The summed E-state index contributed by atoms with van der Waals surface area (Å²) in [5.41, 5.74) is 1.21. The highest BCUT2D eigenvalue weighted by molar-refractivity contribution is 7.08. The number of rotatable bonds is 4. The summed E-state index contributed by atoms with van der Waals surface area (Å²) in [6.45, 7) is 5.89. The summed E-state index contributed by atoms with van der Waals surface area (Å²) in [5, 5.41) is 4.10. The van der Waals surface area contributed by atoms with Crippen LogP contribution in [0.1, 0.15) is 51.0 Å². The quantitative estimate of drug-likeness (QED) is 0.642. The monoisotopic (exact) mass is 222 g/mol. The van der Waals surface area contributed by atoms with E-state index in [1.807, 2.05) is 17.5 Å². The molecule has 15 heavy (non-hydrogen) atoms. The molecule has 1 aromatic rings. The highest BCUT2D eigenvalue weighted by Gasteiger charge is 2.15. The van der Waals surface area contributed by atoms with Gasteiger partial charge in [0, 0.05) is 0 Å². The summed E-state index contributed by atoms with van der Waals surface area (Å²) in [7, 11) is 0. The Kier molecular flexibility index (Phi) is 6.42. The van der Waals surface area contributed by atoms with Crippen LogP contribution < -0.4 is 0 Å². The van der Waals surface area contributed by atoms with Crippen molar-refractivity contribution in [1.29, 1.82) is 0 Å². The molecule has 2 rings (SSSR count). The van der Waals surface area contributed by atoms with Crippen LogP contribution in [-0.4, -0.2) is 0 Å². The summed E-state index contributed by atoms with van der Waals surface area (Å²) >= 11 is 1.69. The van der Waals surface area contributed by atoms with Crippen molar-refractivity contribution in [2.45, 2.75) is 45.4 Å². The van der Waals surface area contributed by atoms with E-state index in [-0.39, 0.29) is 0 Å². The Morgan fingerprint density at radius 2 is 2.33 bits per heavy atom. The van der Waals surface area contributed by atoms with E-state index in [0.717, 1.165) is 5.92 Å². The van der Waals surface area contributed by atoms with E-state index in [2.05, 4.69) is 18.9 Å². The Labute approximate surface area is 98.0 Å². The highest BCUT2D eigenvalue weighted by atomic mass is 32.1. The molecule has 0 N–H and O–H groups in total. The van der Waals surface area contributed by atoms with Crippen LogP contribution in [0.15, 0.2) is 23.4 Å². The Morgan fingerprint density at radius 3 is 2.67 bits per heavy atom. The zero-order valence-corrected chi connectivity index (χ0v) is 10.6. The van der Waals surface area contributed by atoms with Crippen LogP contribution in [0.25, 0.3) is 6.08 Å². The SMILES string of the molecule is C=Cc1ccsc1.CCCCC1CCC1. The average molecular weight is 222 g/mol. The minimum atomic E-state index is 1.13. The van der Waals surface area contributed by atoms with Crippen LogP contribution in [0.3, 0.4) is 0 Å². The van der Waals surface area contributed by atoms with E-state index in [1.165, 1.54) is 44.1 Å². The number of hydrogen-bond acceptors (Lipinski definition) is 1. The minimum absolute atomic E-state index is 1.13. The van der Waals surface area contributed by atoms with Crippen molar-refractivity contribution in [2.24, 2.45) is 5.92 Å². The molecule has 1 saturated carbocycles. The molecule has 1 aliphatic rings. The number of hydrogen-bond donors (Lipinski definition) is 0. The number of thiophene rings is 1. The van der Waals surface area contributed by atoms with Crippen molar-refractivity contribution in [2.75, 3.05) is 0 Å². The average Bonchev–Trinajstić information content (AvgIpc) is 2.69. The Balaban J connectivity index is 0.000000151. The predicted molar refractivity (Wildman–Crippen MR) is 71.3 cm³/mol. The lowest BCUT2D eigenvalue weighted by Crippen LogP contribution is -2.09. The van der Waals surface area contributed by atoms with Gasteiger partial charge in [-0.25, -0.2) is 0 Å². The molecule has 1 aromatic heterocycles. The lowest BCUT2D eigenvalue weighted by atomic mass is 9.82. The summed E-state index contributed by atoms with van der Waals surface area (Å²) < 4.78 is 0. The predicted octanol–water partition coefficient (Wildman–Crippen LogP) is 5.37. The molecule has 0 atom stereocenters. The molecule has 0 bridgehead atoms. The molecule has 1 aliphatic carbocycles. The second kappa shape index (κ2) is 7.70. The van der Waals surface area contributed by atoms with E-state index < -0.39 is 0 Å². The van der Waals surface area contributed by atoms with Crippen LogP contribution >= 0.6 is 11.3 Å². The zero-order valence-electron chi connectivity index (χ0n) is 9.74. The normalized spacial score (nSPS) is 15.0. The van der Waals surface area contributed by atoms with E-state index in [9.17, 15) is 0 Å².